The number of ether oxygens (including phenoxy) is 2. The standard InChI is InChI=1S/C30H33N3O3/c1-32(24-11-7-4-8-12-24)17-18-36-28-16-14-25(20-29(28)35-2)33-21-31-27-19-23(13-15-26(27)30(33)34)22-9-5-3-6-10-22/h3,5-6,9-10,13-16,19-21,24H,4,7-8,11-12,17-18H2,1-2H3. The maximum Gasteiger partial charge on any atom is 0.265 e. The molecule has 186 valence electrons. The molecule has 0 saturated heterocycles. The van der Waals surface area contributed by atoms with Crippen molar-refractivity contribution in [3.05, 3.63) is 83.4 Å². The van der Waals surface area contributed by atoms with Crippen molar-refractivity contribution in [3.8, 4) is 28.3 Å². The minimum Gasteiger partial charge on any atom is -0.493 e. The lowest BCUT2D eigenvalue weighted by molar-refractivity contribution is 0.158. The van der Waals surface area contributed by atoms with Crippen molar-refractivity contribution in [1.29, 1.82) is 0 Å². The Hall–Kier alpha value is -3.64. The predicted octanol–water partition coefficient (Wildman–Crippen LogP) is 5.70. The molecular weight excluding hydrogens is 450 g/mol. The van der Waals surface area contributed by atoms with Crippen LogP contribution in [0, 0.1) is 0 Å². The quantitative estimate of drug-likeness (QED) is 0.322. The lowest BCUT2D eigenvalue weighted by atomic mass is 9.94. The third-order valence-electron chi connectivity index (χ3n) is 7.19. The molecule has 0 bridgehead atoms. The van der Waals surface area contributed by atoms with Gasteiger partial charge in [-0.2, -0.15) is 0 Å². The van der Waals surface area contributed by atoms with Gasteiger partial charge >= 0.3 is 0 Å². The maximum atomic E-state index is 13.3. The van der Waals surface area contributed by atoms with Gasteiger partial charge in [0.25, 0.3) is 5.56 Å². The number of hydrogen-bond donors (Lipinski definition) is 0. The molecule has 1 saturated carbocycles. The molecule has 6 heteroatoms. The number of likely N-dealkylation sites (N-methyl/N-ethyl adjacent to an activating group) is 1. The second-order valence-electron chi connectivity index (χ2n) is 9.47. The normalized spacial score (nSPS) is 14.3. The SMILES string of the molecule is COc1cc(-n2cnc3cc(-c4ccccc4)ccc3c2=O)ccc1OCCN(C)C1CCCCC1. The zero-order valence-corrected chi connectivity index (χ0v) is 21.0. The van der Waals surface area contributed by atoms with Gasteiger partial charge in [-0.1, -0.05) is 55.7 Å². The van der Waals surface area contributed by atoms with Crippen LogP contribution in [0.5, 0.6) is 11.5 Å². The van der Waals surface area contributed by atoms with Crippen molar-refractivity contribution < 1.29 is 9.47 Å². The Labute approximate surface area is 212 Å². The summed E-state index contributed by atoms with van der Waals surface area (Å²) in [6, 6.07) is 22.1. The minimum absolute atomic E-state index is 0.121. The fraction of sp³-hybridized carbons (Fsp3) is 0.333. The molecule has 5 rings (SSSR count). The van der Waals surface area contributed by atoms with Crippen LogP contribution in [-0.2, 0) is 0 Å². The number of hydrogen-bond acceptors (Lipinski definition) is 5. The highest BCUT2D eigenvalue weighted by molar-refractivity contribution is 5.83. The zero-order valence-electron chi connectivity index (χ0n) is 21.0. The van der Waals surface area contributed by atoms with Crippen molar-refractivity contribution in [2.24, 2.45) is 0 Å². The summed E-state index contributed by atoms with van der Waals surface area (Å²) in [6.45, 7) is 1.46. The van der Waals surface area contributed by atoms with Gasteiger partial charge in [-0.15, -0.1) is 0 Å². The van der Waals surface area contributed by atoms with E-state index in [2.05, 4.69) is 16.9 Å². The highest BCUT2D eigenvalue weighted by Crippen LogP contribution is 2.30. The Bertz CT molecular complexity index is 1380. The molecule has 4 aromatic rings. The van der Waals surface area contributed by atoms with E-state index in [9.17, 15) is 4.79 Å². The van der Waals surface area contributed by atoms with Crippen molar-refractivity contribution >= 4 is 10.9 Å². The van der Waals surface area contributed by atoms with E-state index < -0.39 is 0 Å². The lowest BCUT2D eigenvalue weighted by Crippen LogP contribution is -2.36. The smallest absolute Gasteiger partial charge is 0.265 e. The minimum atomic E-state index is -0.121. The molecule has 36 heavy (non-hydrogen) atoms. The van der Waals surface area contributed by atoms with E-state index >= 15 is 0 Å². The first-order valence-electron chi connectivity index (χ1n) is 12.7. The average molecular weight is 484 g/mol. The van der Waals surface area contributed by atoms with Crippen LogP contribution in [-0.4, -0.2) is 47.8 Å². The first-order chi connectivity index (χ1) is 17.6. The molecule has 0 spiro atoms. The highest BCUT2D eigenvalue weighted by atomic mass is 16.5. The summed E-state index contributed by atoms with van der Waals surface area (Å²) in [7, 11) is 3.80. The summed E-state index contributed by atoms with van der Waals surface area (Å²) in [5.74, 6) is 1.27. The molecule has 3 aromatic carbocycles. The molecule has 0 N–H and O–H groups in total. The monoisotopic (exact) mass is 483 g/mol. The Kier molecular flexibility index (Phi) is 7.33. The van der Waals surface area contributed by atoms with Crippen LogP contribution in [0.2, 0.25) is 0 Å². The highest BCUT2D eigenvalue weighted by Gasteiger charge is 2.18. The molecule has 1 fully saturated rings. The largest absolute Gasteiger partial charge is 0.493 e. The van der Waals surface area contributed by atoms with Gasteiger partial charge < -0.3 is 14.4 Å². The maximum absolute atomic E-state index is 13.3. The van der Waals surface area contributed by atoms with Gasteiger partial charge in [0.15, 0.2) is 11.5 Å². The van der Waals surface area contributed by atoms with E-state index in [1.807, 2.05) is 66.7 Å². The molecule has 0 unspecified atom stereocenters. The summed E-state index contributed by atoms with van der Waals surface area (Å²) in [5.41, 5.74) is 3.36. The van der Waals surface area contributed by atoms with E-state index in [4.69, 9.17) is 9.47 Å². The molecule has 0 atom stereocenters. The second-order valence-corrected chi connectivity index (χ2v) is 9.47. The second kappa shape index (κ2) is 11.0. The van der Waals surface area contributed by atoms with Crippen LogP contribution in [0.3, 0.4) is 0 Å². The third kappa shape index (κ3) is 5.14. The van der Waals surface area contributed by atoms with Crippen molar-refractivity contribution in [3.63, 3.8) is 0 Å². The van der Waals surface area contributed by atoms with Gasteiger partial charge in [0, 0.05) is 18.7 Å². The summed E-state index contributed by atoms with van der Waals surface area (Å²) in [6.07, 6.45) is 8.13. The van der Waals surface area contributed by atoms with E-state index in [0.29, 0.717) is 40.7 Å². The number of rotatable bonds is 8. The summed E-state index contributed by atoms with van der Waals surface area (Å²) < 4.78 is 13.2. The van der Waals surface area contributed by atoms with Gasteiger partial charge in [-0.3, -0.25) is 9.36 Å². The number of fused-ring (bicyclic) bond motifs is 1. The van der Waals surface area contributed by atoms with Crippen LogP contribution in [0.15, 0.2) is 77.9 Å². The van der Waals surface area contributed by atoms with Crippen LogP contribution in [0.4, 0.5) is 0 Å². The van der Waals surface area contributed by atoms with Crippen molar-refractivity contribution in [2.45, 2.75) is 38.1 Å². The Balaban J connectivity index is 1.33. The predicted molar refractivity (Wildman–Crippen MR) is 144 cm³/mol. The van der Waals surface area contributed by atoms with Gasteiger partial charge in [-0.25, -0.2) is 4.98 Å². The number of benzene rings is 3. The number of nitrogens with zero attached hydrogens (tertiary/aromatic N) is 3. The first-order valence-corrected chi connectivity index (χ1v) is 12.7. The van der Waals surface area contributed by atoms with Gasteiger partial charge in [0.1, 0.15) is 12.9 Å². The topological polar surface area (TPSA) is 56.6 Å². The van der Waals surface area contributed by atoms with Crippen LogP contribution in [0.25, 0.3) is 27.7 Å². The van der Waals surface area contributed by atoms with E-state index in [-0.39, 0.29) is 5.56 Å². The summed E-state index contributed by atoms with van der Waals surface area (Å²) in [5, 5.41) is 0.572. The van der Waals surface area contributed by atoms with Crippen molar-refractivity contribution in [1.82, 2.24) is 14.5 Å². The lowest BCUT2D eigenvalue weighted by Gasteiger charge is -2.31. The van der Waals surface area contributed by atoms with E-state index in [1.54, 1.807) is 18.0 Å². The molecular formula is C30H33N3O3. The third-order valence-corrected chi connectivity index (χ3v) is 7.19. The fourth-order valence-electron chi connectivity index (χ4n) is 5.04. The molecule has 1 aromatic heterocycles. The van der Waals surface area contributed by atoms with Gasteiger partial charge in [0.05, 0.1) is 23.7 Å². The summed E-state index contributed by atoms with van der Waals surface area (Å²) in [4.78, 5) is 20.3. The Morgan fingerprint density at radius 1 is 0.944 bits per heavy atom. The van der Waals surface area contributed by atoms with Gasteiger partial charge in [0.2, 0.25) is 0 Å². The van der Waals surface area contributed by atoms with Crippen LogP contribution < -0.4 is 15.0 Å². The molecule has 6 nitrogen and oxygen atoms in total. The first kappa shape index (κ1) is 24.1. The zero-order chi connectivity index (χ0) is 24.9. The number of methoxy groups -OCH3 is 1. The average Bonchev–Trinajstić information content (AvgIpc) is 2.94. The molecule has 0 aliphatic heterocycles. The van der Waals surface area contributed by atoms with Crippen molar-refractivity contribution in [2.75, 3.05) is 27.3 Å². The molecule has 1 aliphatic carbocycles. The van der Waals surface area contributed by atoms with E-state index in [0.717, 1.165) is 17.7 Å². The molecule has 0 radical (unpaired) electrons. The molecule has 1 aliphatic rings. The van der Waals surface area contributed by atoms with Crippen LogP contribution in [0.1, 0.15) is 32.1 Å². The van der Waals surface area contributed by atoms with Crippen LogP contribution >= 0.6 is 0 Å². The fourth-order valence-corrected chi connectivity index (χ4v) is 5.04. The summed E-state index contributed by atoms with van der Waals surface area (Å²) >= 11 is 0. The molecule has 0 amide bonds. The molecule has 1 heterocycles. The number of aromatic nitrogens is 2. The Morgan fingerprint density at radius 3 is 2.53 bits per heavy atom. The Morgan fingerprint density at radius 2 is 1.75 bits per heavy atom. The van der Waals surface area contributed by atoms with E-state index in [1.165, 1.54) is 32.1 Å². The van der Waals surface area contributed by atoms with Gasteiger partial charge in [-0.05, 0) is 55.3 Å².